The first-order valence-corrected chi connectivity index (χ1v) is 8.82. The van der Waals surface area contributed by atoms with Gasteiger partial charge in [-0.3, -0.25) is 5.01 Å². The van der Waals surface area contributed by atoms with Gasteiger partial charge >= 0.3 is 0 Å². The highest BCUT2D eigenvalue weighted by atomic mass is 32.2. The topological polar surface area (TPSA) is 49.7 Å². The molecule has 1 atom stereocenters. The third-order valence-corrected chi connectivity index (χ3v) is 6.27. The number of nitrogens with one attached hydrogen (secondary N) is 1. The van der Waals surface area contributed by atoms with E-state index < -0.39 is 0 Å². The van der Waals surface area contributed by atoms with E-state index in [-0.39, 0.29) is 5.37 Å². The van der Waals surface area contributed by atoms with Crippen molar-refractivity contribution < 1.29 is 0 Å². The van der Waals surface area contributed by atoms with E-state index in [1.165, 1.54) is 27.2 Å². The Hall–Kier alpha value is -1.86. The summed E-state index contributed by atoms with van der Waals surface area (Å²) in [6.07, 6.45) is 0. The minimum atomic E-state index is 0.217. The maximum atomic E-state index is 4.26. The molecule has 0 radical (unpaired) electrons. The summed E-state index contributed by atoms with van der Waals surface area (Å²) in [7, 11) is 0. The zero-order valence-corrected chi connectivity index (χ0v) is 13.7. The molecule has 22 heavy (non-hydrogen) atoms. The molecule has 2 aromatic heterocycles. The number of aromatic nitrogens is 4. The molecule has 5 nitrogen and oxygen atoms in total. The molecule has 0 aliphatic carbocycles. The van der Waals surface area contributed by atoms with Crippen molar-refractivity contribution in [1.82, 2.24) is 19.9 Å². The monoisotopic (exact) mass is 327 g/mol. The fraction of sp³-hybridized carbons (Fsp3) is 0.200. The lowest BCUT2D eigenvalue weighted by Crippen LogP contribution is -2.30. The third kappa shape index (κ3) is 1.52. The molecule has 1 aromatic carbocycles. The van der Waals surface area contributed by atoms with E-state index in [1.807, 2.05) is 18.7 Å². The molecule has 110 valence electrons. The summed E-state index contributed by atoms with van der Waals surface area (Å²) in [4.78, 5) is 3.51. The molecule has 0 fully saturated rings. The molecular formula is C15H13N5S2. The lowest BCUT2D eigenvalue weighted by atomic mass is 10.1. The number of thioether (sulfide) groups is 2. The summed E-state index contributed by atoms with van der Waals surface area (Å²) in [5.41, 5.74) is 3.75. The SMILES string of the molecule is Cc1[nH]c2ccccc2c1C1SC=C2Sc3nnc(C)n3N21. The van der Waals surface area contributed by atoms with E-state index in [0.717, 1.165) is 11.0 Å². The highest BCUT2D eigenvalue weighted by Gasteiger charge is 2.40. The highest BCUT2D eigenvalue weighted by Crippen LogP contribution is 2.52. The van der Waals surface area contributed by atoms with Gasteiger partial charge in [-0.2, -0.15) is 0 Å². The number of aryl methyl sites for hydroxylation is 2. The van der Waals surface area contributed by atoms with Gasteiger partial charge in [0.25, 0.3) is 0 Å². The van der Waals surface area contributed by atoms with E-state index in [9.17, 15) is 0 Å². The maximum absolute atomic E-state index is 4.26. The summed E-state index contributed by atoms with van der Waals surface area (Å²) in [6.45, 7) is 4.15. The lowest BCUT2D eigenvalue weighted by Gasteiger charge is -2.25. The van der Waals surface area contributed by atoms with Gasteiger partial charge in [-0.25, -0.2) is 4.68 Å². The van der Waals surface area contributed by atoms with E-state index in [0.29, 0.717) is 0 Å². The van der Waals surface area contributed by atoms with Crippen molar-refractivity contribution in [3.63, 3.8) is 0 Å². The first-order valence-electron chi connectivity index (χ1n) is 7.06. The van der Waals surface area contributed by atoms with Crippen LogP contribution in [0.15, 0.2) is 39.9 Å². The van der Waals surface area contributed by atoms with Crippen LogP contribution >= 0.6 is 23.5 Å². The Morgan fingerprint density at radius 1 is 1.18 bits per heavy atom. The standard InChI is InChI=1S/C15H13N5S2/c1-8-13(10-5-3-4-6-11(10)16-8)14-20-12(7-21-14)22-15-18-17-9(2)19(15)20/h3-7,14,16H,1-2H3. The van der Waals surface area contributed by atoms with Crippen molar-refractivity contribution in [2.75, 3.05) is 5.01 Å². The van der Waals surface area contributed by atoms with Crippen LogP contribution in [0, 0.1) is 13.8 Å². The Labute approximate surface area is 135 Å². The van der Waals surface area contributed by atoms with Gasteiger partial charge in [-0.15, -0.1) is 10.2 Å². The maximum Gasteiger partial charge on any atom is 0.216 e. The van der Waals surface area contributed by atoms with Crippen molar-refractivity contribution in [3.05, 3.63) is 51.8 Å². The van der Waals surface area contributed by atoms with Gasteiger partial charge in [-0.05, 0) is 31.7 Å². The Morgan fingerprint density at radius 2 is 2.05 bits per heavy atom. The van der Waals surface area contributed by atoms with Gasteiger partial charge in [0.1, 0.15) is 10.4 Å². The molecule has 2 aliphatic rings. The Bertz CT molecular complexity index is 939. The van der Waals surface area contributed by atoms with Crippen LogP contribution in [-0.4, -0.2) is 19.9 Å². The fourth-order valence-corrected chi connectivity index (χ4v) is 5.57. The first kappa shape index (κ1) is 12.7. The van der Waals surface area contributed by atoms with Crippen LogP contribution in [0.3, 0.4) is 0 Å². The summed E-state index contributed by atoms with van der Waals surface area (Å²) in [5, 5.41) is 16.7. The van der Waals surface area contributed by atoms with Crippen LogP contribution in [0.5, 0.6) is 0 Å². The zero-order valence-electron chi connectivity index (χ0n) is 12.1. The molecule has 0 bridgehead atoms. The van der Waals surface area contributed by atoms with E-state index in [2.05, 4.69) is 61.5 Å². The summed E-state index contributed by atoms with van der Waals surface area (Å²) >= 11 is 3.53. The zero-order chi connectivity index (χ0) is 14.8. The molecule has 2 aliphatic heterocycles. The lowest BCUT2D eigenvalue weighted by molar-refractivity contribution is 0.618. The van der Waals surface area contributed by atoms with Crippen molar-refractivity contribution in [1.29, 1.82) is 0 Å². The van der Waals surface area contributed by atoms with Crippen LogP contribution in [0.2, 0.25) is 0 Å². The Balaban J connectivity index is 1.70. The highest BCUT2D eigenvalue weighted by molar-refractivity contribution is 8.07. The third-order valence-electron chi connectivity index (χ3n) is 4.12. The largest absolute Gasteiger partial charge is 0.358 e. The molecule has 7 heteroatoms. The van der Waals surface area contributed by atoms with Crippen molar-refractivity contribution in [2.45, 2.75) is 24.4 Å². The molecule has 4 heterocycles. The van der Waals surface area contributed by atoms with Crippen LogP contribution in [-0.2, 0) is 0 Å². The quantitative estimate of drug-likeness (QED) is 0.739. The number of rotatable bonds is 1. The van der Waals surface area contributed by atoms with Crippen LogP contribution in [0.4, 0.5) is 0 Å². The van der Waals surface area contributed by atoms with Gasteiger partial charge in [0, 0.05) is 27.6 Å². The van der Waals surface area contributed by atoms with Gasteiger partial charge in [0.15, 0.2) is 5.82 Å². The molecule has 1 N–H and O–H groups in total. The summed E-state index contributed by atoms with van der Waals surface area (Å²) in [5.74, 6) is 0.927. The average molecular weight is 327 g/mol. The minimum absolute atomic E-state index is 0.217. The molecule has 5 rings (SSSR count). The van der Waals surface area contributed by atoms with E-state index in [4.69, 9.17) is 0 Å². The summed E-state index contributed by atoms with van der Waals surface area (Å²) < 4.78 is 2.13. The van der Waals surface area contributed by atoms with Crippen LogP contribution in [0.25, 0.3) is 10.9 Å². The second kappa shape index (κ2) is 4.33. The van der Waals surface area contributed by atoms with E-state index in [1.54, 1.807) is 11.8 Å². The normalized spacial score (nSPS) is 19.6. The predicted molar refractivity (Wildman–Crippen MR) is 90.3 cm³/mol. The summed E-state index contributed by atoms with van der Waals surface area (Å²) in [6, 6.07) is 8.49. The predicted octanol–water partition coefficient (Wildman–Crippen LogP) is 3.66. The molecular weight excluding hydrogens is 314 g/mol. The Morgan fingerprint density at radius 3 is 2.95 bits per heavy atom. The van der Waals surface area contributed by atoms with Crippen LogP contribution < -0.4 is 5.01 Å². The van der Waals surface area contributed by atoms with Crippen molar-refractivity contribution in [3.8, 4) is 0 Å². The molecule has 3 aromatic rings. The van der Waals surface area contributed by atoms with Gasteiger partial charge in [0.2, 0.25) is 5.16 Å². The number of hydrogen-bond acceptors (Lipinski definition) is 5. The number of hydrogen-bond donors (Lipinski definition) is 1. The van der Waals surface area contributed by atoms with Crippen molar-refractivity contribution >= 4 is 34.4 Å². The number of H-pyrrole nitrogens is 1. The Kier molecular flexibility index (Phi) is 2.49. The molecule has 0 saturated heterocycles. The van der Waals surface area contributed by atoms with Gasteiger partial charge < -0.3 is 4.98 Å². The first-order chi connectivity index (χ1) is 10.7. The number of fused-ring (bicyclic) bond motifs is 4. The molecule has 0 amide bonds. The second-order valence-electron chi connectivity index (χ2n) is 5.44. The molecule has 1 unspecified atom stereocenters. The fourth-order valence-electron chi connectivity index (χ4n) is 3.17. The number of para-hydroxylation sites is 1. The smallest absolute Gasteiger partial charge is 0.216 e. The minimum Gasteiger partial charge on any atom is -0.358 e. The van der Waals surface area contributed by atoms with Crippen LogP contribution in [0.1, 0.15) is 22.5 Å². The second-order valence-corrected chi connectivity index (χ2v) is 7.38. The molecule has 0 saturated carbocycles. The number of nitrogens with zero attached hydrogens (tertiary/aromatic N) is 4. The number of aromatic amines is 1. The average Bonchev–Trinajstić information content (AvgIpc) is 3.20. The van der Waals surface area contributed by atoms with Crippen molar-refractivity contribution in [2.24, 2.45) is 0 Å². The number of benzene rings is 1. The van der Waals surface area contributed by atoms with E-state index >= 15 is 0 Å². The van der Waals surface area contributed by atoms with Gasteiger partial charge in [-0.1, -0.05) is 30.0 Å². The molecule has 0 spiro atoms. The van der Waals surface area contributed by atoms with Gasteiger partial charge in [0.05, 0.1) is 0 Å².